The van der Waals surface area contributed by atoms with E-state index in [4.69, 9.17) is 4.74 Å². The average Bonchev–Trinajstić information content (AvgIpc) is 2.68. The van der Waals surface area contributed by atoms with Gasteiger partial charge in [0.2, 0.25) is 0 Å². The van der Waals surface area contributed by atoms with E-state index in [0.29, 0.717) is 11.3 Å². The first-order valence-electron chi connectivity index (χ1n) is 8.53. The van der Waals surface area contributed by atoms with Crippen LogP contribution in [0.2, 0.25) is 0 Å². The third-order valence-electron chi connectivity index (χ3n) is 4.38. The molecule has 3 aromatic carbocycles. The predicted octanol–water partition coefficient (Wildman–Crippen LogP) is 4.93. The fraction of sp³-hybridized carbons (Fsp3) is 0.143. The van der Waals surface area contributed by atoms with E-state index in [-0.39, 0.29) is 5.69 Å². The van der Waals surface area contributed by atoms with Crippen molar-refractivity contribution in [3.05, 3.63) is 90.0 Å². The Bertz CT molecular complexity index is 1090. The molecule has 0 aliphatic rings. The molecule has 0 bridgehead atoms. The summed E-state index contributed by atoms with van der Waals surface area (Å²) >= 11 is 0. The second-order valence-corrected chi connectivity index (χ2v) is 7.91. The standard InChI is InChI=1S/C21H19F2NO3S/c1-15(18-10-3-5-12-20(18)27-2)24(17-9-7-8-16(22)14-17)28(25,26)21-13-6-4-11-19(21)23/h3-15H,1-2H3/t15-/m0/s1. The van der Waals surface area contributed by atoms with Crippen molar-refractivity contribution in [2.45, 2.75) is 17.9 Å². The molecule has 28 heavy (non-hydrogen) atoms. The summed E-state index contributed by atoms with van der Waals surface area (Å²) in [6, 6.07) is 16.4. The van der Waals surface area contributed by atoms with Gasteiger partial charge in [0, 0.05) is 5.56 Å². The first kappa shape index (κ1) is 19.8. The zero-order chi connectivity index (χ0) is 20.3. The van der Waals surface area contributed by atoms with Crippen molar-refractivity contribution < 1.29 is 21.9 Å². The van der Waals surface area contributed by atoms with Gasteiger partial charge in [-0.1, -0.05) is 36.4 Å². The van der Waals surface area contributed by atoms with Crippen LogP contribution in [0.3, 0.4) is 0 Å². The van der Waals surface area contributed by atoms with E-state index in [1.807, 2.05) is 0 Å². The number of halogens is 2. The summed E-state index contributed by atoms with van der Waals surface area (Å²) in [7, 11) is -2.86. The van der Waals surface area contributed by atoms with Crippen molar-refractivity contribution in [3.8, 4) is 5.75 Å². The zero-order valence-electron chi connectivity index (χ0n) is 15.3. The Kier molecular flexibility index (Phi) is 5.65. The van der Waals surface area contributed by atoms with Crippen LogP contribution in [-0.2, 0) is 10.0 Å². The molecule has 0 saturated heterocycles. The maximum absolute atomic E-state index is 14.3. The topological polar surface area (TPSA) is 46.6 Å². The number of sulfonamides is 1. The van der Waals surface area contributed by atoms with Crippen LogP contribution < -0.4 is 9.04 Å². The second kappa shape index (κ2) is 7.98. The van der Waals surface area contributed by atoms with Crippen molar-refractivity contribution in [2.75, 3.05) is 11.4 Å². The number of ether oxygens (including phenoxy) is 1. The zero-order valence-corrected chi connectivity index (χ0v) is 16.2. The third kappa shape index (κ3) is 3.71. The van der Waals surface area contributed by atoms with E-state index in [1.54, 1.807) is 31.2 Å². The van der Waals surface area contributed by atoms with Gasteiger partial charge < -0.3 is 4.74 Å². The second-order valence-electron chi connectivity index (χ2n) is 6.13. The molecule has 0 amide bonds. The smallest absolute Gasteiger partial charge is 0.267 e. The Morgan fingerprint density at radius 1 is 0.929 bits per heavy atom. The molecular weight excluding hydrogens is 384 g/mol. The van der Waals surface area contributed by atoms with Crippen LogP contribution >= 0.6 is 0 Å². The number of para-hydroxylation sites is 1. The summed E-state index contributed by atoms with van der Waals surface area (Å²) in [5.74, 6) is -1.00. The predicted molar refractivity (Wildman–Crippen MR) is 104 cm³/mol. The highest BCUT2D eigenvalue weighted by molar-refractivity contribution is 7.92. The maximum atomic E-state index is 14.3. The normalized spacial score (nSPS) is 12.4. The highest BCUT2D eigenvalue weighted by Crippen LogP contribution is 2.37. The Morgan fingerprint density at radius 3 is 2.29 bits per heavy atom. The number of hydrogen-bond donors (Lipinski definition) is 0. The molecule has 0 fully saturated rings. The van der Waals surface area contributed by atoms with Gasteiger partial charge in [0.15, 0.2) is 0 Å². The van der Waals surface area contributed by atoms with Crippen LogP contribution in [0.15, 0.2) is 77.7 Å². The van der Waals surface area contributed by atoms with E-state index in [9.17, 15) is 17.2 Å². The van der Waals surface area contributed by atoms with E-state index in [2.05, 4.69) is 0 Å². The molecule has 0 heterocycles. The van der Waals surface area contributed by atoms with Crippen LogP contribution in [0.25, 0.3) is 0 Å². The SMILES string of the molecule is COc1ccccc1[C@H](C)N(c1cccc(F)c1)S(=O)(=O)c1ccccc1F. The van der Waals surface area contributed by atoms with Gasteiger partial charge in [-0.3, -0.25) is 4.31 Å². The Hall–Kier alpha value is -2.93. The van der Waals surface area contributed by atoms with E-state index >= 15 is 0 Å². The molecule has 7 heteroatoms. The van der Waals surface area contributed by atoms with E-state index in [1.165, 1.54) is 43.5 Å². The summed E-state index contributed by atoms with van der Waals surface area (Å²) in [6.45, 7) is 1.64. The highest BCUT2D eigenvalue weighted by atomic mass is 32.2. The van der Waals surface area contributed by atoms with Crippen LogP contribution in [0.5, 0.6) is 5.75 Å². The molecule has 3 rings (SSSR count). The van der Waals surface area contributed by atoms with Gasteiger partial charge in [0.1, 0.15) is 22.3 Å². The minimum atomic E-state index is -4.34. The van der Waals surface area contributed by atoms with Crippen LogP contribution in [0.1, 0.15) is 18.5 Å². The third-order valence-corrected chi connectivity index (χ3v) is 6.31. The number of rotatable bonds is 6. The molecule has 146 valence electrons. The van der Waals surface area contributed by atoms with E-state index in [0.717, 1.165) is 16.4 Å². The monoisotopic (exact) mass is 403 g/mol. The minimum absolute atomic E-state index is 0.0849. The van der Waals surface area contributed by atoms with Gasteiger partial charge in [-0.25, -0.2) is 17.2 Å². The molecule has 1 atom stereocenters. The molecular formula is C21H19F2NO3S. The average molecular weight is 403 g/mol. The largest absolute Gasteiger partial charge is 0.496 e. The molecule has 0 aliphatic heterocycles. The highest BCUT2D eigenvalue weighted by Gasteiger charge is 2.33. The molecule has 3 aromatic rings. The lowest BCUT2D eigenvalue weighted by Gasteiger charge is -2.31. The van der Waals surface area contributed by atoms with Crippen LogP contribution in [0.4, 0.5) is 14.5 Å². The van der Waals surface area contributed by atoms with Crippen molar-refractivity contribution in [1.29, 1.82) is 0 Å². The molecule has 0 unspecified atom stereocenters. The molecule has 0 saturated carbocycles. The van der Waals surface area contributed by atoms with Crippen LogP contribution in [-0.4, -0.2) is 15.5 Å². The van der Waals surface area contributed by atoms with Gasteiger partial charge in [-0.15, -0.1) is 0 Å². The Morgan fingerprint density at radius 2 is 1.61 bits per heavy atom. The summed E-state index contributed by atoms with van der Waals surface area (Å²) in [5.41, 5.74) is 0.649. The fourth-order valence-electron chi connectivity index (χ4n) is 3.08. The van der Waals surface area contributed by atoms with Crippen molar-refractivity contribution >= 4 is 15.7 Å². The molecule has 0 radical (unpaired) electrons. The van der Waals surface area contributed by atoms with Crippen molar-refractivity contribution in [2.24, 2.45) is 0 Å². The lowest BCUT2D eigenvalue weighted by Crippen LogP contribution is -2.34. The summed E-state index contributed by atoms with van der Waals surface area (Å²) < 4.78 is 61.4. The van der Waals surface area contributed by atoms with Gasteiger partial charge in [0.25, 0.3) is 10.0 Å². The van der Waals surface area contributed by atoms with Gasteiger partial charge >= 0.3 is 0 Å². The fourth-order valence-corrected chi connectivity index (χ4v) is 4.78. The lowest BCUT2D eigenvalue weighted by atomic mass is 10.1. The number of nitrogens with zero attached hydrogens (tertiary/aromatic N) is 1. The number of anilines is 1. The summed E-state index contributed by atoms with van der Waals surface area (Å²) in [5, 5.41) is 0. The van der Waals surface area contributed by atoms with Crippen molar-refractivity contribution in [3.63, 3.8) is 0 Å². The summed E-state index contributed by atoms with van der Waals surface area (Å²) in [6.07, 6.45) is 0. The van der Waals surface area contributed by atoms with Gasteiger partial charge in [0.05, 0.1) is 18.8 Å². The maximum Gasteiger partial charge on any atom is 0.267 e. The lowest BCUT2D eigenvalue weighted by molar-refractivity contribution is 0.407. The minimum Gasteiger partial charge on any atom is -0.496 e. The molecule has 0 N–H and O–H groups in total. The van der Waals surface area contributed by atoms with Gasteiger partial charge in [-0.05, 0) is 43.3 Å². The van der Waals surface area contributed by atoms with Gasteiger partial charge in [-0.2, -0.15) is 0 Å². The Labute approximate surface area is 163 Å². The molecule has 0 aliphatic carbocycles. The molecule has 0 aromatic heterocycles. The Balaban J connectivity index is 2.23. The number of benzene rings is 3. The quantitative estimate of drug-likeness (QED) is 0.586. The first-order chi connectivity index (χ1) is 13.4. The van der Waals surface area contributed by atoms with Crippen LogP contribution in [0, 0.1) is 11.6 Å². The summed E-state index contributed by atoms with van der Waals surface area (Å²) in [4.78, 5) is -0.485. The van der Waals surface area contributed by atoms with Crippen molar-refractivity contribution in [1.82, 2.24) is 0 Å². The van der Waals surface area contributed by atoms with E-state index < -0.39 is 32.6 Å². The first-order valence-corrected chi connectivity index (χ1v) is 9.97. The number of hydrogen-bond acceptors (Lipinski definition) is 3. The molecule has 4 nitrogen and oxygen atoms in total. The molecule has 0 spiro atoms. The number of methoxy groups -OCH3 is 1.